The number of rotatable bonds is 7. The fourth-order valence-electron chi connectivity index (χ4n) is 2.62. The number of carbonyl (C=O) groups excluding carboxylic acids is 1. The van der Waals surface area contributed by atoms with Crippen LogP contribution >= 0.6 is 11.8 Å². The van der Waals surface area contributed by atoms with Crippen LogP contribution in [0.2, 0.25) is 0 Å². The van der Waals surface area contributed by atoms with E-state index in [1.54, 1.807) is 16.7 Å². The number of amides is 2. The molecule has 1 heterocycles. The first-order valence-corrected chi connectivity index (χ1v) is 8.53. The van der Waals surface area contributed by atoms with Crippen molar-refractivity contribution in [2.45, 2.75) is 44.8 Å². The van der Waals surface area contributed by atoms with Crippen LogP contribution in [-0.4, -0.2) is 53.1 Å². The molecule has 20 heavy (non-hydrogen) atoms. The van der Waals surface area contributed by atoms with E-state index >= 15 is 0 Å². The summed E-state index contributed by atoms with van der Waals surface area (Å²) in [5, 5.41) is 12.8. The molecule has 2 N–H and O–H groups in total. The molecule has 1 rings (SSSR count). The molecule has 0 aromatic rings. The van der Waals surface area contributed by atoms with Crippen molar-refractivity contribution in [1.29, 1.82) is 0 Å². The van der Waals surface area contributed by atoms with Crippen molar-refractivity contribution >= 4 is 23.8 Å². The Bertz CT molecular complexity index is 351. The summed E-state index contributed by atoms with van der Waals surface area (Å²) in [5.41, 5.74) is -0.737. The average molecular weight is 302 g/mol. The van der Waals surface area contributed by atoms with Crippen molar-refractivity contribution in [3.63, 3.8) is 0 Å². The first-order chi connectivity index (χ1) is 9.45. The number of hydrogen-bond acceptors (Lipinski definition) is 3. The van der Waals surface area contributed by atoms with E-state index in [-0.39, 0.29) is 6.03 Å². The Kier molecular flexibility index (Phi) is 6.65. The highest BCUT2D eigenvalue weighted by atomic mass is 32.2. The van der Waals surface area contributed by atoms with Crippen molar-refractivity contribution in [1.82, 2.24) is 10.2 Å². The van der Waals surface area contributed by atoms with Gasteiger partial charge in [-0.05, 0) is 25.5 Å². The van der Waals surface area contributed by atoms with Crippen LogP contribution in [0.5, 0.6) is 0 Å². The van der Waals surface area contributed by atoms with Crippen LogP contribution < -0.4 is 5.32 Å². The minimum atomic E-state index is -0.773. The average Bonchev–Trinajstić information content (AvgIpc) is 2.84. The number of nitrogens with one attached hydrogen (secondary N) is 1. The summed E-state index contributed by atoms with van der Waals surface area (Å²) in [6, 6.07) is -0.127. The second-order valence-electron chi connectivity index (χ2n) is 5.57. The second kappa shape index (κ2) is 7.76. The van der Waals surface area contributed by atoms with E-state index in [0.29, 0.717) is 37.7 Å². The molecule has 5 nitrogen and oxygen atoms in total. The predicted octanol–water partition coefficient (Wildman–Crippen LogP) is 2.41. The molecule has 116 valence electrons. The number of carbonyl (C=O) groups is 2. The molecule has 1 saturated heterocycles. The van der Waals surface area contributed by atoms with Gasteiger partial charge in [-0.1, -0.05) is 20.3 Å². The number of aliphatic carboxylic acids is 1. The third kappa shape index (κ3) is 4.30. The highest BCUT2D eigenvalue weighted by molar-refractivity contribution is 7.99. The van der Waals surface area contributed by atoms with Crippen molar-refractivity contribution in [3.05, 3.63) is 0 Å². The maximum Gasteiger partial charge on any atom is 0.317 e. The normalized spacial score (nSPS) is 23.6. The molecule has 2 amide bonds. The van der Waals surface area contributed by atoms with Crippen LogP contribution in [0.1, 0.15) is 39.5 Å². The van der Waals surface area contributed by atoms with Gasteiger partial charge in [-0.25, -0.2) is 4.79 Å². The summed E-state index contributed by atoms with van der Waals surface area (Å²) < 4.78 is 0. The Labute approximate surface area is 125 Å². The van der Waals surface area contributed by atoms with Crippen LogP contribution in [0.3, 0.4) is 0 Å². The number of hydrogen-bond donors (Lipinski definition) is 2. The zero-order valence-corrected chi connectivity index (χ0v) is 13.5. The molecule has 0 aliphatic carbocycles. The molecule has 2 atom stereocenters. The van der Waals surface area contributed by atoms with Gasteiger partial charge >= 0.3 is 12.0 Å². The highest BCUT2D eigenvalue weighted by Crippen LogP contribution is 2.35. The van der Waals surface area contributed by atoms with Gasteiger partial charge in [0.1, 0.15) is 0 Å². The van der Waals surface area contributed by atoms with Crippen LogP contribution in [0.25, 0.3) is 0 Å². The van der Waals surface area contributed by atoms with E-state index in [9.17, 15) is 14.7 Å². The third-order valence-corrected chi connectivity index (χ3v) is 5.09. The van der Waals surface area contributed by atoms with Gasteiger partial charge in [0.05, 0.1) is 5.41 Å². The number of thioether (sulfide) groups is 1. The van der Waals surface area contributed by atoms with Gasteiger partial charge in [0.2, 0.25) is 0 Å². The minimum Gasteiger partial charge on any atom is -0.481 e. The maximum absolute atomic E-state index is 12.0. The Morgan fingerprint density at radius 2 is 2.20 bits per heavy atom. The Hall–Kier alpha value is -0.910. The number of nitrogens with zero attached hydrogens (tertiary/aromatic N) is 1. The van der Waals surface area contributed by atoms with Gasteiger partial charge in [0.25, 0.3) is 0 Å². The Morgan fingerprint density at radius 1 is 1.50 bits per heavy atom. The molecule has 1 aliphatic rings. The summed E-state index contributed by atoms with van der Waals surface area (Å²) in [6.07, 6.45) is 5.01. The zero-order chi connectivity index (χ0) is 15.2. The molecule has 0 spiro atoms. The van der Waals surface area contributed by atoms with Crippen LogP contribution in [-0.2, 0) is 4.79 Å². The summed E-state index contributed by atoms with van der Waals surface area (Å²) >= 11 is 1.78. The minimum absolute atomic E-state index is 0.127. The molecule has 0 radical (unpaired) electrons. The molecular formula is C14H26N2O3S. The summed E-state index contributed by atoms with van der Waals surface area (Å²) in [4.78, 5) is 25.2. The number of carboxylic acids is 1. The zero-order valence-electron chi connectivity index (χ0n) is 12.6. The lowest BCUT2D eigenvalue weighted by Gasteiger charge is -2.24. The largest absolute Gasteiger partial charge is 0.481 e. The lowest BCUT2D eigenvalue weighted by molar-refractivity contribution is -0.148. The highest BCUT2D eigenvalue weighted by Gasteiger charge is 2.45. The lowest BCUT2D eigenvalue weighted by Crippen LogP contribution is -2.42. The summed E-state index contributed by atoms with van der Waals surface area (Å²) in [6.45, 7) is 5.63. The third-order valence-electron chi connectivity index (χ3n) is 4.05. The van der Waals surface area contributed by atoms with Crippen molar-refractivity contribution < 1.29 is 14.7 Å². The van der Waals surface area contributed by atoms with Gasteiger partial charge in [-0.3, -0.25) is 4.79 Å². The number of urea groups is 1. The first-order valence-electron chi connectivity index (χ1n) is 7.24. The Morgan fingerprint density at radius 3 is 2.75 bits per heavy atom. The van der Waals surface area contributed by atoms with Gasteiger partial charge in [0, 0.05) is 24.9 Å². The van der Waals surface area contributed by atoms with Crippen molar-refractivity contribution in [3.8, 4) is 0 Å². The molecule has 0 aromatic heterocycles. The Balaban J connectivity index is 2.46. The van der Waals surface area contributed by atoms with Crippen molar-refractivity contribution in [2.75, 3.05) is 25.9 Å². The van der Waals surface area contributed by atoms with E-state index in [2.05, 4.69) is 18.5 Å². The van der Waals surface area contributed by atoms with Crippen LogP contribution in [0.4, 0.5) is 4.79 Å². The lowest BCUT2D eigenvalue weighted by atomic mass is 9.83. The van der Waals surface area contributed by atoms with E-state index in [0.717, 1.165) is 12.8 Å². The molecule has 0 saturated carbocycles. The molecule has 1 aliphatic heterocycles. The second-order valence-corrected chi connectivity index (χ2v) is 6.85. The van der Waals surface area contributed by atoms with Gasteiger partial charge in [-0.2, -0.15) is 11.8 Å². The molecule has 6 heteroatoms. The van der Waals surface area contributed by atoms with E-state index in [1.807, 2.05) is 6.92 Å². The topological polar surface area (TPSA) is 69.6 Å². The van der Waals surface area contributed by atoms with Crippen molar-refractivity contribution in [2.24, 2.45) is 5.41 Å². The SMILES string of the molecule is CCCC1(C(=O)O)CCN(C(=O)NCCC(C)SC)C1. The van der Waals surface area contributed by atoms with Gasteiger partial charge in [0.15, 0.2) is 0 Å². The molecular weight excluding hydrogens is 276 g/mol. The van der Waals surface area contributed by atoms with E-state index < -0.39 is 11.4 Å². The van der Waals surface area contributed by atoms with E-state index in [1.165, 1.54) is 0 Å². The smallest absolute Gasteiger partial charge is 0.317 e. The van der Waals surface area contributed by atoms with E-state index in [4.69, 9.17) is 0 Å². The molecule has 1 fully saturated rings. The van der Waals surface area contributed by atoms with Gasteiger partial charge in [-0.15, -0.1) is 0 Å². The molecule has 2 unspecified atom stereocenters. The monoisotopic (exact) mass is 302 g/mol. The van der Waals surface area contributed by atoms with Crippen LogP contribution in [0, 0.1) is 5.41 Å². The first kappa shape index (κ1) is 17.1. The number of carboxylic acid groups (broad SMARTS) is 1. The maximum atomic E-state index is 12.0. The standard InChI is InChI=1S/C14H26N2O3S/c1-4-6-14(12(17)18)7-9-16(10-14)13(19)15-8-5-11(2)20-3/h11H,4-10H2,1-3H3,(H,15,19)(H,17,18). The quantitative estimate of drug-likeness (QED) is 0.758. The molecule has 0 aromatic carbocycles. The fraction of sp³-hybridized carbons (Fsp3) is 0.857. The summed E-state index contributed by atoms with van der Waals surface area (Å²) in [7, 11) is 0. The predicted molar refractivity (Wildman–Crippen MR) is 82.2 cm³/mol. The fourth-order valence-corrected chi connectivity index (χ4v) is 2.98. The van der Waals surface area contributed by atoms with Gasteiger partial charge < -0.3 is 15.3 Å². The summed E-state index contributed by atoms with van der Waals surface area (Å²) in [5.74, 6) is -0.773. The number of likely N-dealkylation sites (tertiary alicyclic amines) is 1. The van der Waals surface area contributed by atoms with Crippen LogP contribution in [0.15, 0.2) is 0 Å². The molecule has 0 bridgehead atoms.